The molecule has 2 aromatic carbocycles. The lowest BCUT2D eigenvalue weighted by Crippen LogP contribution is -2.39. The SMILES string of the molecule is Cc1cc(C(=O)NCCCN2CCCCC2C)nc2c1c(-c1ccccc1)nn2-c1cccc(F)c1. The molecule has 4 aromatic rings. The van der Waals surface area contributed by atoms with Gasteiger partial charge in [-0.25, -0.2) is 14.1 Å². The summed E-state index contributed by atoms with van der Waals surface area (Å²) >= 11 is 0. The van der Waals surface area contributed by atoms with E-state index in [1.54, 1.807) is 16.8 Å². The Balaban J connectivity index is 1.43. The van der Waals surface area contributed by atoms with Crippen LogP contribution in [-0.4, -0.2) is 51.2 Å². The van der Waals surface area contributed by atoms with Crippen LogP contribution in [0.15, 0.2) is 60.7 Å². The molecule has 7 heteroatoms. The number of piperidine rings is 1. The number of benzene rings is 2. The van der Waals surface area contributed by atoms with E-state index in [1.165, 1.54) is 31.4 Å². The van der Waals surface area contributed by atoms with Crippen molar-refractivity contribution in [3.63, 3.8) is 0 Å². The fourth-order valence-corrected chi connectivity index (χ4v) is 5.07. The van der Waals surface area contributed by atoms with Gasteiger partial charge >= 0.3 is 0 Å². The van der Waals surface area contributed by atoms with Gasteiger partial charge < -0.3 is 10.2 Å². The van der Waals surface area contributed by atoms with Crippen LogP contribution < -0.4 is 5.32 Å². The number of rotatable bonds is 7. The highest BCUT2D eigenvalue weighted by atomic mass is 19.1. The summed E-state index contributed by atoms with van der Waals surface area (Å²) in [5.41, 5.74) is 4.01. The van der Waals surface area contributed by atoms with E-state index < -0.39 is 0 Å². The van der Waals surface area contributed by atoms with Gasteiger partial charge in [-0.3, -0.25) is 4.79 Å². The predicted molar refractivity (Wildman–Crippen MR) is 141 cm³/mol. The molecule has 0 bridgehead atoms. The molecule has 1 amide bonds. The van der Waals surface area contributed by atoms with E-state index in [1.807, 2.05) is 43.3 Å². The van der Waals surface area contributed by atoms with Gasteiger partial charge in [-0.05, 0) is 69.5 Å². The van der Waals surface area contributed by atoms with E-state index in [4.69, 9.17) is 10.1 Å². The lowest BCUT2D eigenvalue weighted by molar-refractivity contribution is 0.0944. The number of halogens is 1. The van der Waals surface area contributed by atoms with Crippen LogP contribution in [0.4, 0.5) is 4.39 Å². The number of aromatic nitrogens is 3. The smallest absolute Gasteiger partial charge is 0.269 e. The molecule has 1 saturated heterocycles. The summed E-state index contributed by atoms with van der Waals surface area (Å²) in [4.78, 5) is 20.3. The summed E-state index contributed by atoms with van der Waals surface area (Å²) in [6, 6.07) is 18.5. The fourth-order valence-electron chi connectivity index (χ4n) is 5.07. The van der Waals surface area contributed by atoms with Crippen molar-refractivity contribution in [1.29, 1.82) is 0 Å². The molecule has 186 valence electrons. The van der Waals surface area contributed by atoms with Gasteiger partial charge in [0.15, 0.2) is 5.65 Å². The summed E-state index contributed by atoms with van der Waals surface area (Å²) in [6.45, 7) is 6.97. The third-order valence-electron chi connectivity index (χ3n) is 7.02. The summed E-state index contributed by atoms with van der Waals surface area (Å²) in [5.74, 6) is -0.564. The van der Waals surface area contributed by atoms with Crippen molar-refractivity contribution in [2.24, 2.45) is 0 Å². The maximum Gasteiger partial charge on any atom is 0.269 e. The molecule has 36 heavy (non-hydrogen) atoms. The fraction of sp³-hybridized carbons (Fsp3) is 0.345. The van der Waals surface area contributed by atoms with Gasteiger partial charge in [0, 0.05) is 24.7 Å². The molecule has 1 fully saturated rings. The molecule has 1 aliphatic rings. The number of aryl methyl sites for hydroxylation is 1. The molecular weight excluding hydrogens is 453 g/mol. The number of nitrogens with one attached hydrogen (secondary N) is 1. The van der Waals surface area contributed by atoms with E-state index in [0.717, 1.165) is 41.7 Å². The highest BCUT2D eigenvalue weighted by molar-refractivity contribution is 5.99. The van der Waals surface area contributed by atoms with Crippen molar-refractivity contribution in [2.45, 2.75) is 45.6 Å². The van der Waals surface area contributed by atoms with Crippen molar-refractivity contribution in [2.75, 3.05) is 19.6 Å². The average molecular weight is 486 g/mol. The molecule has 0 aliphatic carbocycles. The van der Waals surface area contributed by atoms with Crippen LogP contribution >= 0.6 is 0 Å². The molecule has 2 aromatic heterocycles. The third kappa shape index (κ3) is 5.02. The Morgan fingerprint density at radius 2 is 1.94 bits per heavy atom. The molecule has 3 heterocycles. The summed E-state index contributed by atoms with van der Waals surface area (Å²) < 4.78 is 15.7. The van der Waals surface area contributed by atoms with Crippen LogP contribution in [0.2, 0.25) is 0 Å². The Kier molecular flexibility index (Phi) is 7.09. The largest absolute Gasteiger partial charge is 0.351 e. The Bertz CT molecular complexity index is 1370. The number of carbonyl (C=O) groups is 1. The van der Waals surface area contributed by atoms with E-state index in [0.29, 0.717) is 29.6 Å². The molecule has 1 aliphatic heterocycles. The minimum Gasteiger partial charge on any atom is -0.351 e. The first-order valence-electron chi connectivity index (χ1n) is 12.8. The average Bonchev–Trinajstić information content (AvgIpc) is 3.28. The Labute approximate surface area is 211 Å². The maximum atomic E-state index is 14.1. The molecule has 6 nitrogen and oxygen atoms in total. The quantitative estimate of drug-likeness (QED) is 0.350. The van der Waals surface area contributed by atoms with E-state index in [9.17, 15) is 9.18 Å². The van der Waals surface area contributed by atoms with E-state index in [-0.39, 0.29) is 11.7 Å². The summed E-state index contributed by atoms with van der Waals surface area (Å²) in [6.07, 6.45) is 4.71. The van der Waals surface area contributed by atoms with E-state index in [2.05, 4.69) is 17.1 Å². The van der Waals surface area contributed by atoms with Crippen LogP contribution in [-0.2, 0) is 0 Å². The predicted octanol–water partition coefficient (Wildman–Crippen LogP) is 5.53. The van der Waals surface area contributed by atoms with Crippen LogP contribution in [0.3, 0.4) is 0 Å². The Hall–Kier alpha value is -3.58. The van der Waals surface area contributed by atoms with Crippen molar-refractivity contribution < 1.29 is 9.18 Å². The van der Waals surface area contributed by atoms with Gasteiger partial charge in [-0.15, -0.1) is 0 Å². The normalized spacial score (nSPS) is 16.4. The van der Waals surface area contributed by atoms with Crippen LogP contribution in [0.1, 0.15) is 48.7 Å². The maximum absolute atomic E-state index is 14.1. The second-order valence-corrected chi connectivity index (χ2v) is 9.62. The van der Waals surface area contributed by atoms with Crippen LogP contribution in [0, 0.1) is 12.7 Å². The molecule has 0 spiro atoms. The standard InChI is InChI=1S/C29H32FN5O/c1-20-18-25(29(36)31-15-9-17-34-16-7-6-10-21(34)2)32-28-26(20)27(22-11-4-3-5-12-22)33-35(28)24-14-8-13-23(30)19-24/h3-5,8,11-14,18-19,21H,6-7,9-10,15-17H2,1-2H3,(H,31,36). The van der Waals surface area contributed by atoms with Gasteiger partial charge in [0.25, 0.3) is 5.91 Å². The number of hydrogen-bond donors (Lipinski definition) is 1. The highest BCUT2D eigenvalue weighted by Crippen LogP contribution is 2.32. The van der Waals surface area contributed by atoms with Gasteiger partial charge in [0.05, 0.1) is 11.1 Å². The minimum absolute atomic E-state index is 0.208. The molecular formula is C29H32FN5O. The van der Waals surface area contributed by atoms with Crippen LogP contribution in [0.5, 0.6) is 0 Å². The Morgan fingerprint density at radius 3 is 2.72 bits per heavy atom. The first-order valence-corrected chi connectivity index (χ1v) is 12.8. The molecule has 1 unspecified atom stereocenters. The molecule has 0 saturated carbocycles. The first kappa shape index (κ1) is 24.1. The van der Waals surface area contributed by atoms with Crippen molar-refractivity contribution in [3.05, 3.63) is 77.7 Å². The molecule has 5 rings (SSSR count). The second kappa shape index (κ2) is 10.6. The van der Waals surface area contributed by atoms with Crippen LogP contribution in [0.25, 0.3) is 28.0 Å². The molecule has 1 N–H and O–H groups in total. The van der Waals surface area contributed by atoms with Crippen molar-refractivity contribution in [1.82, 2.24) is 25.0 Å². The highest BCUT2D eigenvalue weighted by Gasteiger charge is 2.21. The van der Waals surface area contributed by atoms with Crippen molar-refractivity contribution >= 4 is 16.9 Å². The molecule has 1 atom stereocenters. The first-order chi connectivity index (χ1) is 17.5. The number of hydrogen-bond acceptors (Lipinski definition) is 4. The number of nitrogens with zero attached hydrogens (tertiary/aromatic N) is 4. The van der Waals surface area contributed by atoms with Gasteiger partial charge in [0.2, 0.25) is 0 Å². The third-order valence-corrected chi connectivity index (χ3v) is 7.02. The van der Waals surface area contributed by atoms with Gasteiger partial charge in [0.1, 0.15) is 17.2 Å². The number of pyridine rings is 1. The lowest BCUT2D eigenvalue weighted by atomic mass is 10.0. The minimum atomic E-state index is -0.356. The summed E-state index contributed by atoms with van der Waals surface area (Å²) in [7, 11) is 0. The zero-order chi connectivity index (χ0) is 25.1. The zero-order valence-corrected chi connectivity index (χ0v) is 20.9. The monoisotopic (exact) mass is 485 g/mol. The number of carbonyl (C=O) groups excluding carboxylic acids is 1. The zero-order valence-electron chi connectivity index (χ0n) is 20.9. The van der Waals surface area contributed by atoms with Gasteiger partial charge in [-0.2, -0.15) is 5.10 Å². The van der Waals surface area contributed by atoms with Crippen molar-refractivity contribution in [3.8, 4) is 16.9 Å². The number of fused-ring (bicyclic) bond motifs is 1. The topological polar surface area (TPSA) is 63.1 Å². The number of likely N-dealkylation sites (tertiary alicyclic amines) is 1. The number of amides is 1. The molecule has 0 radical (unpaired) electrons. The second-order valence-electron chi connectivity index (χ2n) is 9.62. The van der Waals surface area contributed by atoms with Gasteiger partial charge in [-0.1, -0.05) is 42.8 Å². The Morgan fingerprint density at radius 1 is 1.11 bits per heavy atom. The summed E-state index contributed by atoms with van der Waals surface area (Å²) in [5, 5.41) is 8.70. The van der Waals surface area contributed by atoms with E-state index >= 15 is 0 Å². The lowest BCUT2D eigenvalue weighted by Gasteiger charge is -2.33.